The maximum atomic E-state index is 6.43. The lowest BCUT2D eigenvalue weighted by Crippen LogP contribution is -2.12. The Kier molecular flexibility index (Phi) is 4.58. The van der Waals surface area contributed by atoms with Crippen molar-refractivity contribution in [2.45, 2.75) is 33.6 Å². The van der Waals surface area contributed by atoms with Gasteiger partial charge in [0.2, 0.25) is 0 Å². The first-order valence-electron chi connectivity index (χ1n) is 10.7. The van der Waals surface area contributed by atoms with Crippen LogP contribution >= 0.6 is 0 Å². The minimum atomic E-state index is 0.285. The molecule has 0 spiro atoms. The summed E-state index contributed by atoms with van der Waals surface area (Å²) in [6.07, 6.45) is 4.44. The van der Waals surface area contributed by atoms with Crippen molar-refractivity contribution in [3.63, 3.8) is 0 Å². The molecule has 0 saturated carbocycles. The van der Waals surface area contributed by atoms with Crippen molar-refractivity contribution in [1.82, 2.24) is 0 Å². The quantitative estimate of drug-likeness (QED) is 0.348. The number of hydrogen-bond donors (Lipinski definition) is 0. The molecule has 0 fully saturated rings. The highest BCUT2D eigenvalue weighted by atomic mass is 16.3. The fourth-order valence-electron chi connectivity index (χ4n) is 4.42. The van der Waals surface area contributed by atoms with Crippen LogP contribution in [0.25, 0.3) is 33.1 Å². The van der Waals surface area contributed by atoms with Gasteiger partial charge in [-0.2, -0.15) is 0 Å². The summed E-state index contributed by atoms with van der Waals surface area (Å²) in [4.78, 5) is 4.85. The highest BCUT2D eigenvalue weighted by molar-refractivity contribution is 6.19. The number of aliphatic imine (C=N–C) groups is 1. The first kappa shape index (κ1) is 18.9. The smallest absolute Gasteiger partial charge is 0.144 e. The number of allylic oxidation sites excluding steroid dienone is 1. The zero-order chi connectivity index (χ0) is 20.7. The third kappa shape index (κ3) is 3.59. The Hall–Kier alpha value is -3.13. The minimum Gasteiger partial charge on any atom is -0.455 e. The number of nitrogens with zero attached hydrogens (tertiary/aromatic N) is 1. The van der Waals surface area contributed by atoms with Gasteiger partial charge in [-0.15, -0.1) is 0 Å². The van der Waals surface area contributed by atoms with Gasteiger partial charge in [-0.25, -0.2) is 0 Å². The van der Waals surface area contributed by atoms with Gasteiger partial charge in [-0.3, -0.25) is 4.99 Å². The molecule has 0 amide bonds. The lowest BCUT2D eigenvalue weighted by molar-refractivity contribution is 0.404. The average molecular weight is 394 g/mol. The lowest BCUT2D eigenvalue weighted by Gasteiger charge is -2.22. The second-order valence-electron chi connectivity index (χ2n) is 9.42. The molecule has 3 aromatic carbocycles. The maximum Gasteiger partial charge on any atom is 0.144 e. The normalized spacial score (nSPS) is 14.8. The first-order valence-corrected chi connectivity index (χ1v) is 10.7. The third-order valence-electron chi connectivity index (χ3n) is 5.70. The van der Waals surface area contributed by atoms with E-state index in [2.05, 4.69) is 87.5 Å². The van der Waals surface area contributed by atoms with Crippen LogP contribution in [-0.2, 0) is 0 Å². The van der Waals surface area contributed by atoms with E-state index in [4.69, 9.17) is 9.41 Å². The summed E-state index contributed by atoms with van der Waals surface area (Å²) >= 11 is 0. The molecule has 0 bridgehead atoms. The molecule has 4 aromatic rings. The first-order chi connectivity index (χ1) is 14.5. The minimum absolute atomic E-state index is 0.285. The summed E-state index contributed by atoms with van der Waals surface area (Å²) in [6.45, 7) is 7.74. The molecule has 0 saturated heterocycles. The number of furan rings is 1. The van der Waals surface area contributed by atoms with Gasteiger partial charge in [0.15, 0.2) is 0 Å². The summed E-state index contributed by atoms with van der Waals surface area (Å²) in [5.74, 6) is 0. The highest BCUT2D eigenvalue weighted by Crippen LogP contribution is 2.35. The van der Waals surface area contributed by atoms with Gasteiger partial charge in [0.05, 0.1) is 5.71 Å². The van der Waals surface area contributed by atoms with Gasteiger partial charge in [-0.05, 0) is 53.7 Å². The predicted molar refractivity (Wildman–Crippen MR) is 127 cm³/mol. The standard InChI is InChI=1S/C28H27NO/c1-28(2,3)18-19-14-15-29-25(16-19)24-11-7-10-23-22-13-12-21(17-26(22)30-27(23)24)20-8-5-4-6-9-20/h4-13,16-17H,14-15,18H2,1-3H3. The largest absolute Gasteiger partial charge is 0.455 e. The van der Waals surface area contributed by atoms with Crippen molar-refractivity contribution in [1.29, 1.82) is 0 Å². The van der Waals surface area contributed by atoms with Crippen molar-refractivity contribution >= 4 is 27.7 Å². The molecule has 5 rings (SSSR count). The number of benzene rings is 3. The van der Waals surface area contributed by atoms with Gasteiger partial charge in [0.25, 0.3) is 0 Å². The maximum absolute atomic E-state index is 6.43. The number of hydrogen-bond acceptors (Lipinski definition) is 2. The fraction of sp³-hybridized carbons (Fsp3) is 0.250. The number of fused-ring (bicyclic) bond motifs is 3. The highest BCUT2D eigenvalue weighted by Gasteiger charge is 2.19. The van der Waals surface area contributed by atoms with Gasteiger partial charge >= 0.3 is 0 Å². The van der Waals surface area contributed by atoms with E-state index in [9.17, 15) is 0 Å². The summed E-state index contributed by atoms with van der Waals surface area (Å²) in [5, 5.41) is 2.31. The van der Waals surface area contributed by atoms with Crippen LogP contribution < -0.4 is 0 Å². The van der Waals surface area contributed by atoms with E-state index >= 15 is 0 Å². The molecule has 1 aliphatic heterocycles. The lowest BCUT2D eigenvalue weighted by atomic mass is 9.85. The Bertz CT molecular complexity index is 1280. The van der Waals surface area contributed by atoms with Crippen molar-refractivity contribution in [3.05, 3.63) is 83.9 Å². The topological polar surface area (TPSA) is 25.5 Å². The summed E-state index contributed by atoms with van der Waals surface area (Å²) in [5.41, 5.74) is 8.14. The average Bonchev–Trinajstić information content (AvgIpc) is 3.11. The SMILES string of the molecule is CC(C)(C)CC1=CC(c2cccc3c2oc2cc(-c4ccccc4)ccc23)=NCC1. The molecule has 2 heteroatoms. The molecule has 2 nitrogen and oxygen atoms in total. The number of rotatable bonds is 3. The Morgan fingerprint density at radius 2 is 1.70 bits per heavy atom. The third-order valence-corrected chi connectivity index (χ3v) is 5.70. The Labute approximate surface area is 177 Å². The van der Waals surface area contributed by atoms with Crippen LogP contribution in [0.1, 0.15) is 39.2 Å². The number of dihydropyridines is 1. The number of para-hydroxylation sites is 1. The van der Waals surface area contributed by atoms with Crippen LogP contribution in [-0.4, -0.2) is 12.3 Å². The second kappa shape index (κ2) is 7.28. The van der Waals surface area contributed by atoms with Crippen LogP contribution in [0.15, 0.2) is 87.8 Å². The van der Waals surface area contributed by atoms with E-state index in [1.807, 2.05) is 6.07 Å². The van der Waals surface area contributed by atoms with E-state index in [0.717, 1.165) is 52.6 Å². The molecular formula is C28H27NO. The van der Waals surface area contributed by atoms with Crippen LogP contribution in [0, 0.1) is 5.41 Å². The van der Waals surface area contributed by atoms with Crippen molar-refractivity contribution < 1.29 is 4.42 Å². The Balaban J connectivity index is 1.61. The van der Waals surface area contributed by atoms with Crippen molar-refractivity contribution in [2.75, 3.05) is 6.54 Å². The van der Waals surface area contributed by atoms with E-state index in [1.54, 1.807) is 0 Å². The Morgan fingerprint density at radius 3 is 2.50 bits per heavy atom. The fourth-order valence-corrected chi connectivity index (χ4v) is 4.42. The molecule has 30 heavy (non-hydrogen) atoms. The zero-order valence-corrected chi connectivity index (χ0v) is 17.9. The van der Waals surface area contributed by atoms with Crippen molar-refractivity contribution in [3.8, 4) is 11.1 Å². The van der Waals surface area contributed by atoms with E-state index in [-0.39, 0.29) is 5.41 Å². The molecule has 1 aliphatic rings. The molecule has 0 aliphatic carbocycles. The van der Waals surface area contributed by atoms with Gasteiger partial charge in [0.1, 0.15) is 11.2 Å². The van der Waals surface area contributed by atoms with Crippen LogP contribution in [0.5, 0.6) is 0 Å². The van der Waals surface area contributed by atoms with Crippen LogP contribution in [0.2, 0.25) is 0 Å². The summed E-state index contributed by atoms with van der Waals surface area (Å²) in [6, 6.07) is 23.4. The summed E-state index contributed by atoms with van der Waals surface area (Å²) < 4.78 is 6.43. The van der Waals surface area contributed by atoms with E-state index in [1.165, 1.54) is 16.7 Å². The van der Waals surface area contributed by atoms with Gasteiger partial charge < -0.3 is 4.42 Å². The summed E-state index contributed by atoms with van der Waals surface area (Å²) in [7, 11) is 0. The molecule has 0 N–H and O–H groups in total. The zero-order valence-electron chi connectivity index (χ0n) is 17.9. The van der Waals surface area contributed by atoms with Gasteiger partial charge in [-0.1, -0.05) is 74.9 Å². The van der Waals surface area contributed by atoms with Gasteiger partial charge in [0, 0.05) is 22.9 Å². The van der Waals surface area contributed by atoms with Crippen LogP contribution in [0.3, 0.4) is 0 Å². The molecule has 0 radical (unpaired) electrons. The second-order valence-corrected chi connectivity index (χ2v) is 9.42. The molecule has 0 atom stereocenters. The van der Waals surface area contributed by atoms with Crippen LogP contribution in [0.4, 0.5) is 0 Å². The monoisotopic (exact) mass is 393 g/mol. The molecule has 0 unspecified atom stereocenters. The predicted octanol–water partition coefficient (Wildman–Crippen LogP) is 7.81. The Morgan fingerprint density at radius 1 is 0.867 bits per heavy atom. The molecule has 1 aromatic heterocycles. The molecule has 2 heterocycles. The van der Waals surface area contributed by atoms with E-state index < -0.39 is 0 Å². The molecular weight excluding hydrogens is 366 g/mol. The van der Waals surface area contributed by atoms with Crippen molar-refractivity contribution in [2.24, 2.45) is 10.4 Å². The van der Waals surface area contributed by atoms with E-state index in [0.29, 0.717) is 0 Å². The molecule has 150 valence electrons.